The molecule has 0 saturated carbocycles. The van der Waals surface area contributed by atoms with E-state index in [-0.39, 0.29) is 29.5 Å². The van der Waals surface area contributed by atoms with Gasteiger partial charge < -0.3 is 39.9 Å². The number of anilines is 2. The van der Waals surface area contributed by atoms with Crippen molar-refractivity contribution in [2.45, 2.75) is 19.6 Å². The van der Waals surface area contributed by atoms with Crippen molar-refractivity contribution >= 4 is 38.1 Å². The number of nitrogens with two attached hydrogens (primary N) is 1. The summed E-state index contributed by atoms with van der Waals surface area (Å²) in [4.78, 5) is 47.5. The zero-order valence-electron chi connectivity index (χ0n) is 13.1. The van der Waals surface area contributed by atoms with Crippen molar-refractivity contribution in [2.75, 3.05) is 23.7 Å². The largest absolute Gasteiger partial charge is 0.368 e. The highest BCUT2D eigenvalue weighted by Crippen LogP contribution is 2.35. The van der Waals surface area contributed by atoms with Crippen LogP contribution in [0.1, 0.15) is 6.92 Å². The van der Waals surface area contributed by atoms with E-state index in [4.69, 9.17) is 30.0 Å². The van der Waals surface area contributed by atoms with Crippen LogP contribution in [0.3, 0.4) is 0 Å². The molecule has 0 radical (unpaired) electrons. The summed E-state index contributed by atoms with van der Waals surface area (Å²) in [6.45, 7) is 1.78. The predicted octanol–water partition coefficient (Wildman–Crippen LogP) is -0.504. The smallest absolute Gasteiger partial charge is 0.350 e. The quantitative estimate of drug-likeness (QED) is 0.312. The lowest BCUT2D eigenvalue weighted by atomic mass is 10.4. The molecule has 25 heavy (non-hydrogen) atoms. The Morgan fingerprint density at radius 3 is 2.56 bits per heavy atom. The van der Waals surface area contributed by atoms with E-state index in [0.29, 0.717) is 0 Å². The molecule has 0 fully saturated rings. The third-order valence-electron chi connectivity index (χ3n) is 2.91. The molecular weight excluding hydrogens is 378 g/mol. The van der Waals surface area contributed by atoms with Gasteiger partial charge in [-0.3, -0.25) is 9.13 Å². The first-order valence-electron chi connectivity index (χ1n) is 6.87. The van der Waals surface area contributed by atoms with Gasteiger partial charge in [-0.2, -0.15) is 9.97 Å². The molecule has 0 amide bonds. The number of nitrogens with one attached hydrogen (secondary N) is 1. The van der Waals surface area contributed by atoms with Crippen LogP contribution >= 0.6 is 15.2 Å². The molecule has 140 valence electrons. The fourth-order valence-corrected chi connectivity index (χ4v) is 2.75. The van der Waals surface area contributed by atoms with Crippen LogP contribution < -0.4 is 11.1 Å². The van der Waals surface area contributed by atoms with Crippen molar-refractivity contribution in [3.63, 3.8) is 0 Å². The van der Waals surface area contributed by atoms with Crippen LogP contribution in [0.5, 0.6) is 0 Å². The molecule has 2 rings (SSSR count). The van der Waals surface area contributed by atoms with Gasteiger partial charge in [0, 0.05) is 0 Å². The van der Waals surface area contributed by atoms with Crippen molar-refractivity contribution in [2.24, 2.45) is 0 Å². The van der Waals surface area contributed by atoms with E-state index in [1.54, 1.807) is 6.92 Å². The summed E-state index contributed by atoms with van der Waals surface area (Å²) >= 11 is 0. The van der Waals surface area contributed by atoms with Gasteiger partial charge in [-0.25, -0.2) is 4.98 Å². The maximum Gasteiger partial charge on any atom is 0.350 e. The minimum Gasteiger partial charge on any atom is -0.368 e. The maximum atomic E-state index is 11.0. The Hall–Kier alpha value is -1.59. The van der Waals surface area contributed by atoms with Gasteiger partial charge in [0.05, 0.1) is 19.0 Å². The number of nitrogens with zero attached hydrogens (tertiary/aromatic N) is 4. The van der Waals surface area contributed by atoms with Gasteiger partial charge >= 0.3 is 15.2 Å². The number of hydrogen-bond acceptors (Lipinski definition) is 8. The normalized spacial score (nSPS) is 14.0. The third kappa shape index (κ3) is 6.01. The van der Waals surface area contributed by atoms with Gasteiger partial charge in [-0.15, -0.1) is 0 Å². The molecule has 13 nitrogen and oxygen atoms in total. The fourth-order valence-electron chi connectivity index (χ4n) is 1.95. The van der Waals surface area contributed by atoms with E-state index >= 15 is 0 Å². The molecule has 0 saturated heterocycles. The van der Waals surface area contributed by atoms with Crippen LogP contribution in [-0.4, -0.2) is 57.8 Å². The lowest BCUT2D eigenvalue weighted by molar-refractivity contribution is 0.0764. The molecular formula is C10H18N6O7P2. The number of hydrogen-bond donors (Lipinski definition) is 6. The Morgan fingerprint density at radius 1 is 1.28 bits per heavy atom. The van der Waals surface area contributed by atoms with Gasteiger partial charge in [0.25, 0.3) is 0 Å². The molecule has 2 aromatic rings. The summed E-state index contributed by atoms with van der Waals surface area (Å²) < 4.78 is 28.4. The Labute approximate surface area is 141 Å². The summed E-state index contributed by atoms with van der Waals surface area (Å²) in [5, 5.41) is 2.48. The minimum atomic E-state index is -4.31. The van der Waals surface area contributed by atoms with Crippen molar-refractivity contribution in [3.05, 3.63) is 6.33 Å². The second kappa shape index (κ2) is 7.34. The molecule has 0 aliphatic carbocycles. The molecule has 0 bridgehead atoms. The van der Waals surface area contributed by atoms with Crippen LogP contribution in [0.4, 0.5) is 11.8 Å². The van der Waals surface area contributed by atoms with Crippen molar-refractivity contribution in [3.8, 4) is 0 Å². The average Bonchev–Trinajstić information content (AvgIpc) is 2.84. The molecule has 0 aromatic carbocycles. The van der Waals surface area contributed by atoms with Crippen molar-refractivity contribution in [1.82, 2.24) is 19.5 Å². The number of ether oxygens (including phenoxy) is 1. The number of rotatable bonds is 8. The van der Waals surface area contributed by atoms with E-state index < -0.39 is 33.9 Å². The van der Waals surface area contributed by atoms with Gasteiger partial charge in [0.15, 0.2) is 17.0 Å². The summed E-state index contributed by atoms with van der Waals surface area (Å²) in [5.41, 5.74) is 6.13. The van der Waals surface area contributed by atoms with E-state index in [2.05, 4.69) is 20.3 Å². The highest BCUT2D eigenvalue weighted by Gasteiger charge is 2.19. The SMILES string of the molecule is C[C@H](Cn1cnc2c(NCP(=O)(O)O)nc(N)nc21)OCP(=O)(O)O. The first kappa shape index (κ1) is 19.7. The van der Waals surface area contributed by atoms with Crippen LogP contribution in [0.25, 0.3) is 11.2 Å². The summed E-state index contributed by atoms with van der Waals surface area (Å²) in [5.74, 6) is -0.0698. The molecule has 0 unspecified atom stereocenters. The van der Waals surface area contributed by atoms with Crippen LogP contribution in [0, 0.1) is 0 Å². The molecule has 0 aliphatic rings. The summed E-state index contributed by atoms with van der Waals surface area (Å²) in [6, 6.07) is 0. The van der Waals surface area contributed by atoms with E-state index in [9.17, 15) is 9.13 Å². The monoisotopic (exact) mass is 396 g/mol. The fraction of sp³-hybridized carbons (Fsp3) is 0.500. The first-order valence-corrected chi connectivity index (χ1v) is 10.5. The topological polar surface area (TPSA) is 206 Å². The molecule has 7 N–H and O–H groups in total. The Morgan fingerprint density at radius 2 is 1.96 bits per heavy atom. The van der Waals surface area contributed by atoms with Crippen molar-refractivity contribution in [1.29, 1.82) is 0 Å². The maximum absolute atomic E-state index is 11.0. The highest BCUT2D eigenvalue weighted by molar-refractivity contribution is 7.52. The first-order chi connectivity index (χ1) is 11.4. The molecule has 0 spiro atoms. The average molecular weight is 396 g/mol. The van der Waals surface area contributed by atoms with Gasteiger partial charge in [-0.05, 0) is 6.92 Å². The Bertz CT molecular complexity index is 846. The molecule has 1 atom stereocenters. The Kier molecular flexibility index (Phi) is 5.79. The van der Waals surface area contributed by atoms with E-state index in [0.717, 1.165) is 0 Å². The lowest BCUT2D eigenvalue weighted by Crippen LogP contribution is -2.17. The van der Waals surface area contributed by atoms with Gasteiger partial charge in [0.2, 0.25) is 5.95 Å². The van der Waals surface area contributed by atoms with Crippen LogP contribution in [-0.2, 0) is 20.4 Å². The number of nitrogen functional groups attached to an aromatic ring is 1. The zero-order chi connectivity index (χ0) is 18.8. The number of aromatic nitrogens is 4. The standard InChI is InChI=1S/C10H18N6O7P2/c1-6(23-5-25(20,21)22)2-16-3-12-7-8(13-4-24(17,18)19)14-10(11)15-9(7)16/h3,6H,2,4-5H2,1H3,(H2,17,18,19)(H2,20,21,22)(H3,11,13,14,15)/t6-/m1/s1. The van der Waals surface area contributed by atoms with Crippen molar-refractivity contribution < 1.29 is 33.4 Å². The summed E-state index contributed by atoms with van der Waals surface area (Å²) in [6.07, 6.45) is -0.535. The highest BCUT2D eigenvalue weighted by atomic mass is 31.2. The van der Waals surface area contributed by atoms with Gasteiger partial charge in [-0.1, -0.05) is 0 Å². The van der Waals surface area contributed by atoms with Crippen LogP contribution in [0.15, 0.2) is 6.33 Å². The number of imidazole rings is 1. The van der Waals surface area contributed by atoms with Gasteiger partial charge in [0.1, 0.15) is 12.6 Å². The van der Waals surface area contributed by atoms with E-state index in [1.807, 2.05) is 0 Å². The molecule has 0 aliphatic heterocycles. The molecule has 2 aromatic heterocycles. The minimum absolute atomic E-state index is 0.0633. The second-order valence-electron chi connectivity index (χ2n) is 5.27. The zero-order valence-corrected chi connectivity index (χ0v) is 14.8. The molecule has 2 heterocycles. The second-order valence-corrected chi connectivity index (χ2v) is 8.50. The third-order valence-corrected chi connectivity index (χ3v) is 3.97. The lowest BCUT2D eigenvalue weighted by Gasteiger charge is -2.14. The van der Waals surface area contributed by atoms with E-state index in [1.165, 1.54) is 10.9 Å². The Balaban J connectivity index is 2.21. The van der Waals surface area contributed by atoms with Crippen LogP contribution in [0.2, 0.25) is 0 Å². The molecule has 15 heteroatoms. The number of fused-ring (bicyclic) bond motifs is 1. The summed E-state index contributed by atoms with van der Waals surface area (Å²) in [7, 11) is -8.58. The predicted molar refractivity (Wildman–Crippen MR) is 87.7 cm³/mol.